The number of hydrogen-bond donors (Lipinski definition) is 3. The summed E-state index contributed by atoms with van der Waals surface area (Å²) in [5.74, 6) is 8.67. The van der Waals surface area contributed by atoms with Gasteiger partial charge in [0.2, 0.25) is 0 Å². The van der Waals surface area contributed by atoms with Crippen LogP contribution in [-0.4, -0.2) is 32.2 Å². The van der Waals surface area contributed by atoms with Crippen molar-refractivity contribution in [2.45, 2.75) is 33.1 Å². The number of nitrogens with one attached hydrogen (secondary N) is 2. The second-order valence-electron chi connectivity index (χ2n) is 5.22. The van der Waals surface area contributed by atoms with Gasteiger partial charge in [-0.15, -0.1) is 0 Å². The quantitative estimate of drug-likeness (QED) is 0.538. The molecule has 1 atom stereocenters. The molecule has 0 amide bonds. The summed E-state index contributed by atoms with van der Waals surface area (Å²) in [6, 6.07) is 1.74. The average molecular weight is 285 g/mol. The third-order valence-corrected chi connectivity index (χ3v) is 3.81. The molecule has 0 bridgehead atoms. The zero-order valence-corrected chi connectivity index (χ0v) is 12.8. The molecule has 0 saturated carbocycles. The molecule has 0 radical (unpaired) electrons. The van der Waals surface area contributed by atoms with Crippen LogP contribution in [0.4, 0.5) is 11.6 Å². The molecule has 0 saturated heterocycles. The number of hydrazine groups is 1. The van der Waals surface area contributed by atoms with E-state index in [0.717, 1.165) is 0 Å². The normalized spacial score (nSPS) is 13.1. The highest BCUT2D eigenvalue weighted by molar-refractivity contribution is 7.84. The molecular weight excluding hydrogens is 262 g/mol. The largest absolute Gasteiger partial charge is 0.369 e. The van der Waals surface area contributed by atoms with Gasteiger partial charge in [0.25, 0.3) is 0 Å². The molecule has 0 aliphatic rings. The first-order valence-electron chi connectivity index (χ1n) is 6.32. The molecule has 1 aromatic rings. The van der Waals surface area contributed by atoms with Gasteiger partial charge in [-0.2, -0.15) is 0 Å². The molecule has 6 nitrogen and oxygen atoms in total. The number of nitrogens with zero attached hydrogens (tertiary/aromatic N) is 2. The maximum atomic E-state index is 11.4. The first kappa shape index (κ1) is 15.8. The Labute approximate surface area is 117 Å². The van der Waals surface area contributed by atoms with E-state index in [2.05, 4.69) is 20.7 Å². The van der Waals surface area contributed by atoms with Gasteiger partial charge >= 0.3 is 0 Å². The minimum Gasteiger partial charge on any atom is -0.369 e. The van der Waals surface area contributed by atoms with E-state index >= 15 is 0 Å². The van der Waals surface area contributed by atoms with Crippen LogP contribution < -0.4 is 16.6 Å². The molecule has 1 unspecified atom stereocenters. The number of aromatic nitrogens is 2. The number of anilines is 2. The van der Waals surface area contributed by atoms with Gasteiger partial charge in [0.05, 0.1) is 0 Å². The third-order valence-electron chi connectivity index (χ3n) is 2.50. The third kappa shape index (κ3) is 5.12. The van der Waals surface area contributed by atoms with Gasteiger partial charge in [0, 0.05) is 40.3 Å². The fourth-order valence-electron chi connectivity index (χ4n) is 1.38. The Balaban J connectivity index is 2.80. The molecule has 0 aliphatic heterocycles. The summed E-state index contributed by atoms with van der Waals surface area (Å²) in [7, 11) is -0.776. The number of nitrogens with two attached hydrogens (primary N) is 1. The smallest absolute Gasteiger partial charge is 0.145 e. The van der Waals surface area contributed by atoms with Crippen LogP contribution in [-0.2, 0) is 16.2 Å². The Hall–Kier alpha value is -1.21. The standard InChI is InChI=1S/C12H23N5OS/c1-5-19(18)7-6-14-9-8-10(17-13)16-11(15-9)12(2,3)4/h8H,5-7,13H2,1-4H3,(H2,14,15,16,17). The first-order chi connectivity index (χ1) is 8.86. The van der Waals surface area contributed by atoms with Crippen LogP contribution in [0.5, 0.6) is 0 Å². The van der Waals surface area contributed by atoms with Crippen molar-refractivity contribution in [2.75, 3.05) is 28.8 Å². The molecule has 1 rings (SSSR count). The monoisotopic (exact) mass is 285 g/mol. The summed E-state index contributed by atoms with van der Waals surface area (Å²) < 4.78 is 11.4. The van der Waals surface area contributed by atoms with Crippen LogP contribution in [0.1, 0.15) is 33.5 Å². The summed E-state index contributed by atoms with van der Waals surface area (Å²) in [4.78, 5) is 8.79. The lowest BCUT2D eigenvalue weighted by atomic mass is 9.96. The van der Waals surface area contributed by atoms with E-state index in [0.29, 0.717) is 35.5 Å². The average Bonchev–Trinajstić information content (AvgIpc) is 2.37. The van der Waals surface area contributed by atoms with Gasteiger partial charge in [0.15, 0.2) is 0 Å². The summed E-state index contributed by atoms with van der Waals surface area (Å²) in [6.45, 7) is 8.65. The Morgan fingerprint density at radius 2 is 1.95 bits per heavy atom. The number of hydrogen-bond acceptors (Lipinski definition) is 6. The van der Waals surface area contributed by atoms with Gasteiger partial charge in [-0.05, 0) is 0 Å². The minimum absolute atomic E-state index is 0.157. The molecular formula is C12H23N5OS. The van der Waals surface area contributed by atoms with Crippen LogP contribution >= 0.6 is 0 Å². The van der Waals surface area contributed by atoms with Crippen molar-refractivity contribution in [1.82, 2.24) is 9.97 Å². The first-order valence-corrected chi connectivity index (χ1v) is 7.80. The Bertz CT molecular complexity index is 444. The van der Waals surface area contributed by atoms with Crippen molar-refractivity contribution in [3.05, 3.63) is 11.9 Å². The van der Waals surface area contributed by atoms with Gasteiger partial charge in [-0.3, -0.25) is 4.21 Å². The topological polar surface area (TPSA) is 92.9 Å². The van der Waals surface area contributed by atoms with Crippen LogP contribution in [0.15, 0.2) is 6.07 Å². The molecule has 0 aromatic carbocycles. The Kier molecular flexibility index (Phi) is 5.68. The van der Waals surface area contributed by atoms with E-state index in [1.54, 1.807) is 6.07 Å². The van der Waals surface area contributed by atoms with Crippen molar-refractivity contribution >= 4 is 22.4 Å². The molecule has 108 valence electrons. The second kappa shape index (κ2) is 6.81. The molecule has 19 heavy (non-hydrogen) atoms. The second-order valence-corrected chi connectivity index (χ2v) is 7.08. The lowest BCUT2D eigenvalue weighted by Gasteiger charge is -2.18. The zero-order chi connectivity index (χ0) is 14.5. The maximum absolute atomic E-state index is 11.4. The zero-order valence-electron chi connectivity index (χ0n) is 12.0. The van der Waals surface area contributed by atoms with Crippen molar-refractivity contribution in [3.63, 3.8) is 0 Å². The minimum atomic E-state index is -0.776. The fraction of sp³-hybridized carbons (Fsp3) is 0.667. The Morgan fingerprint density at radius 1 is 1.32 bits per heavy atom. The Morgan fingerprint density at radius 3 is 2.47 bits per heavy atom. The molecule has 0 aliphatic carbocycles. The van der Waals surface area contributed by atoms with Crippen molar-refractivity contribution in [1.29, 1.82) is 0 Å². The van der Waals surface area contributed by atoms with E-state index in [9.17, 15) is 4.21 Å². The summed E-state index contributed by atoms with van der Waals surface area (Å²) in [5, 5.41) is 3.16. The molecule has 1 heterocycles. The van der Waals surface area contributed by atoms with Crippen molar-refractivity contribution < 1.29 is 4.21 Å². The van der Waals surface area contributed by atoms with Crippen molar-refractivity contribution in [2.24, 2.45) is 5.84 Å². The molecule has 4 N–H and O–H groups in total. The molecule has 0 fully saturated rings. The number of nitrogen functional groups attached to an aromatic ring is 1. The molecule has 0 spiro atoms. The van der Waals surface area contributed by atoms with E-state index < -0.39 is 10.8 Å². The predicted molar refractivity (Wildman–Crippen MR) is 80.6 cm³/mol. The van der Waals surface area contributed by atoms with E-state index in [-0.39, 0.29) is 5.41 Å². The molecule has 7 heteroatoms. The highest BCUT2D eigenvalue weighted by Gasteiger charge is 2.19. The van der Waals surface area contributed by atoms with Gasteiger partial charge in [0.1, 0.15) is 17.5 Å². The van der Waals surface area contributed by atoms with E-state index in [1.807, 2.05) is 27.7 Å². The number of rotatable bonds is 6. The summed E-state index contributed by atoms with van der Waals surface area (Å²) in [6.07, 6.45) is 0. The fourth-order valence-corrected chi connectivity index (χ4v) is 2.00. The summed E-state index contributed by atoms with van der Waals surface area (Å²) >= 11 is 0. The van der Waals surface area contributed by atoms with E-state index in [1.165, 1.54) is 0 Å². The van der Waals surface area contributed by atoms with Crippen LogP contribution in [0.2, 0.25) is 0 Å². The van der Waals surface area contributed by atoms with Crippen LogP contribution in [0.25, 0.3) is 0 Å². The lowest BCUT2D eigenvalue weighted by Crippen LogP contribution is -2.21. The SMILES string of the molecule is CCS(=O)CCNc1cc(NN)nc(C(C)(C)C)n1. The maximum Gasteiger partial charge on any atom is 0.145 e. The highest BCUT2D eigenvalue weighted by atomic mass is 32.2. The lowest BCUT2D eigenvalue weighted by molar-refractivity contribution is 0.546. The van der Waals surface area contributed by atoms with Gasteiger partial charge in [-0.1, -0.05) is 27.7 Å². The van der Waals surface area contributed by atoms with Gasteiger partial charge < -0.3 is 10.7 Å². The van der Waals surface area contributed by atoms with Crippen molar-refractivity contribution in [3.8, 4) is 0 Å². The molecule has 1 aromatic heterocycles. The van der Waals surface area contributed by atoms with Gasteiger partial charge in [-0.25, -0.2) is 15.8 Å². The van der Waals surface area contributed by atoms with Crippen LogP contribution in [0.3, 0.4) is 0 Å². The van der Waals surface area contributed by atoms with Crippen LogP contribution in [0, 0.1) is 0 Å². The highest BCUT2D eigenvalue weighted by Crippen LogP contribution is 2.21. The summed E-state index contributed by atoms with van der Waals surface area (Å²) in [5.41, 5.74) is 2.38. The predicted octanol–water partition coefficient (Wildman–Crippen LogP) is 1.24. The van der Waals surface area contributed by atoms with E-state index in [4.69, 9.17) is 5.84 Å².